The van der Waals surface area contributed by atoms with Crippen molar-refractivity contribution < 1.29 is 14.7 Å². The van der Waals surface area contributed by atoms with Crippen LogP contribution in [0.4, 0.5) is 0 Å². The van der Waals surface area contributed by atoms with E-state index in [4.69, 9.17) is 0 Å². The van der Waals surface area contributed by atoms with Gasteiger partial charge in [0.1, 0.15) is 17.2 Å². The van der Waals surface area contributed by atoms with Gasteiger partial charge in [0.25, 0.3) is 5.56 Å². The maximum atomic E-state index is 12.9. The molecule has 0 bridgehead atoms. The maximum absolute atomic E-state index is 12.9. The number of fused-ring (bicyclic) bond motifs is 1. The minimum atomic E-state index is -1.16. The van der Waals surface area contributed by atoms with Crippen molar-refractivity contribution in [2.45, 2.75) is 58.0 Å². The topological polar surface area (TPSA) is 101 Å². The summed E-state index contributed by atoms with van der Waals surface area (Å²) in [5, 5.41) is 13.8. The molecule has 1 fully saturated rings. The van der Waals surface area contributed by atoms with E-state index in [1.54, 1.807) is 0 Å². The Morgan fingerprint density at radius 1 is 1.40 bits per heavy atom. The number of carbonyl (C=O) groups excluding carboxylic acids is 1. The van der Waals surface area contributed by atoms with Crippen molar-refractivity contribution in [3.8, 4) is 0 Å². The van der Waals surface area contributed by atoms with Gasteiger partial charge in [-0.1, -0.05) is 19.8 Å². The molecule has 8 heteroatoms. The number of hydrogen-bond donors (Lipinski definition) is 2. The first-order valence-electron chi connectivity index (χ1n) is 8.54. The Bertz CT molecular complexity index is 865. The van der Waals surface area contributed by atoms with Crippen molar-refractivity contribution in [1.82, 2.24) is 14.9 Å². The molecule has 1 amide bonds. The molecule has 2 N–H and O–H groups in total. The fourth-order valence-electron chi connectivity index (χ4n) is 3.29. The molecule has 2 aromatic rings. The van der Waals surface area contributed by atoms with Crippen LogP contribution >= 0.6 is 11.3 Å². The smallest absolute Gasteiger partial charge is 0.337 e. The van der Waals surface area contributed by atoms with Gasteiger partial charge < -0.3 is 10.4 Å². The molecule has 0 aromatic carbocycles. The lowest BCUT2D eigenvalue weighted by Gasteiger charge is -2.15. The molecule has 0 radical (unpaired) electrons. The number of aromatic nitrogens is 2. The predicted molar refractivity (Wildman–Crippen MR) is 95.2 cm³/mol. The Labute approximate surface area is 148 Å². The molecule has 7 nitrogen and oxygen atoms in total. The van der Waals surface area contributed by atoms with Gasteiger partial charge in [-0.05, 0) is 19.3 Å². The standard InChI is InChI=1S/C17H21N3O4S/c1-2-5-12-19-15-14(11(9-25-15)17(23)24)16(22)20(12)8-13(21)18-10-6-3-4-7-10/h9-10H,2-8H2,1H3,(H,18,21)(H,23,24). The zero-order valence-electron chi connectivity index (χ0n) is 14.1. The molecule has 1 aliphatic rings. The molecule has 1 aliphatic carbocycles. The number of aromatic carboxylic acids is 1. The predicted octanol–water partition coefficient (Wildman–Crippen LogP) is 2.17. The van der Waals surface area contributed by atoms with Gasteiger partial charge >= 0.3 is 5.97 Å². The van der Waals surface area contributed by atoms with Crippen LogP contribution in [0.1, 0.15) is 55.2 Å². The van der Waals surface area contributed by atoms with E-state index in [0.717, 1.165) is 43.4 Å². The van der Waals surface area contributed by atoms with E-state index in [-0.39, 0.29) is 29.4 Å². The second-order valence-electron chi connectivity index (χ2n) is 6.35. The zero-order valence-corrected chi connectivity index (χ0v) is 14.9. The third-order valence-electron chi connectivity index (χ3n) is 4.50. The summed E-state index contributed by atoms with van der Waals surface area (Å²) in [5.74, 6) is -0.852. The van der Waals surface area contributed by atoms with Crippen molar-refractivity contribution in [3.63, 3.8) is 0 Å². The largest absolute Gasteiger partial charge is 0.478 e. The number of amides is 1. The van der Waals surface area contributed by atoms with E-state index in [1.165, 1.54) is 9.95 Å². The quantitative estimate of drug-likeness (QED) is 0.819. The molecule has 0 spiro atoms. The van der Waals surface area contributed by atoms with E-state index in [2.05, 4.69) is 10.3 Å². The Balaban J connectivity index is 1.98. The summed E-state index contributed by atoms with van der Waals surface area (Å²) in [6, 6.07) is 0.172. The highest BCUT2D eigenvalue weighted by atomic mass is 32.1. The molecule has 25 heavy (non-hydrogen) atoms. The summed E-state index contributed by atoms with van der Waals surface area (Å²) in [5.41, 5.74) is -0.501. The van der Waals surface area contributed by atoms with Crippen molar-refractivity contribution in [3.05, 3.63) is 27.1 Å². The monoisotopic (exact) mass is 363 g/mol. The summed E-state index contributed by atoms with van der Waals surface area (Å²) < 4.78 is 1.33. The van der Waals surface area contributed by atoms with Crippen molar-refractivity contribution in [2.75, 3.05) is 0 Å². The number of nitrogens with one attached hydrogen (secondary N) is 1. The number of carboxylic acids is 1. The van der Waals surface area contributed by atoms with E-state index in [1.807, 2.05) is 6.92 Å². The third-order valence-corrected chi connectivity index (χ3v) is 5.37. The summed E-state index contributed by atoms with van der Waals surface area (Å²) in [7, 11) is 0. The number of rotatable bonds is 6. The highest BCUT2D eigenvalue weighted by Crippen LogP contribution is 2.22. The number of thiophene rings is 1. The van der Waals surface area contributed by atoms with Crippen molar-refractivity contribution in [2.24, 2.45) is 0 Å². The van der Waals surface area contributed by atoms with E-state index in [9.17, 15) is 19.5 Å². The molecule has 0 saturated heterocycles. The lowest BCUT2D eigenvalue weighted by molar-refractivity contribution is -0.122. The van der Waals surface area contributed by atoms with Gasteiger partial charge in [0.2, 0.25) is 5.91 Å². The van der Waals surface area contributed by atoms with Crippen LogP contribution in [-0.2, 0) is 17.8 Å². The Morgan fingerprint density at radius 3 is 2.76 bits per heavy atom. The van der Waals surface area contributed by atoms with E-state index >= 15 is 0 Å². The average Bonchev–Trinajstić information content (AvgIpc) is 3.20. The summed E-state index contributed by atoms with van der Waals surface area (Å²) in [6.45, 7) is 1.85. The van der Waals surface area contributed by atoms with Crippen LogP contribution in [-0.4, -0.2) is 32.6 Å². The fraction of sp³-hybridized carbons (Fsp3) is 0.529. The minimum Gasteiger partial charge on any atom is -0.478 e. The van der Waals surface area contributed by atoms with Gasteiger partial charge in [-0.2, -0.15) is 0 Å². The molecule has 0 unspecified atom stereocenters. The molecule has 134 valence electrons. The third kappa shape index (κ3) is 3.58. The molecule has 0 atom stereocenters. The maximum Gasteiger partial charge on any atom is 0.337 e. The number of nitrogens with zero attached hydrogens (tertiary/aromatic N) is 2. The number of hydrogen-bond acceptors (Lipinski definition) is 5. The van der Waals surface area contributed by atoms with E-state index < -0.39 is 11.5 Å². The van der Waals surface area contributed by atoms with Crippen molar-refractivity contribution >= 4 is 33.4 Å². The van der Waals surface area contributed by atoms with Gasteiger partial charge in [0.05, 0.1) is 10.9 Å². The number of aryl methyl sites for hydroxylation is 1. The molecule has 0 aliphatic heterocycles. The van der Waals surface area contributed by atoms with Crippen LogP contribution < -0.4 is 10.9 Å². The normalized spacial score (nSPS) is 14.9. The molecule has 2 heterocycles. The Kier molecular flexibility index (Phi) is 5.17. The lowest BCUT2D eigenvalue weighted by atomic mass is 10.2. The SMILES string of the molecule is CCCc1nc2scc(C(=O)O)c2c(=O)n1CC(=O)NC1CCCC1. The van der Waals surface area contributed by atoms with Gasteiger partial charge in [0.15, 0.2) is 0 Å². The average molecular weight is 363 g/mol. The van der Waals surface area contributed by atoms with Gasteiger partial charge in [-0.3, -0.25) is 14.2 Å². The van der Waals surface area contributed by atoms with Gasteiger partial charge in [-0.25, -0.2) is 9.78 Å². The second kappa shape index (κ2) is 7.35. The zero-order chi connectivity index (χ0) is 18.0. The van der Waals surface area contributed by atoms with Gasteiger partial charge in [0, 0.05) is 17.8 Å². The van der Waals surface area contributed by atoms with Crippen LogP contribution in [0.2, 0.25) is 0 Å². The summed E-state index contributed by atoms with van der Waals surface area (Å²) in [4.78, 5) is 41.4. The van der Waals surface area contributed by atoms with Crippen LogP contribution in [0.25, 0.3) is 10.2 Å². The number of carbonyl (C=O) groups is 2. The molecule has 1 saturated carbocycles. The first-order valence-corrected chi connectivity index (χ1v) is 9.42. The van der Waals surface area contributed by atoms with Crippen LogP contribution in [0.5, 0.6) is 0 Å². The minimum absolute atomic E-state index is 0.0505. The summed E-state index contributed by atoms with van der Waals surface area (Å²) >= 11 is 1.14. The Morgan fingerprint density at radius 2 is 2.12 bits per heavy atom. The summed E-state index contributed by atoms with van der Waals surface area (Å²) in [6.07, 6.45) is 5.48. The fourth-order valence-corrected chi connectivity index (χ4v) is 4.21. The highest BCUT2D eigenvalue weighted by molar-refractivity contribution is 7.17. The first kappa shape index (κ1) is 17.6. The second-order valence-corrected chi connectivity index (χ2v) is 7.21. The van der Waals surface area contributed by atoms with E-state index in [0.29, 0.717) is 17.1 Å². The molecule has 2 aromatic heterocycles. The highest BCUT2D eigenvalue weighted by Gasteiger charge is 2.22. The lowest BCUT2D eigenvalue weighted by Crippen LogP contribution is -2.38. The molecule has 3 rings (SSSR count). The molecular formula is C17H21N3O4S. The van der Waals surface area contributed by atoms with Gasteiger partial charge in [-0.15, -0.1) is 11.3 Å². The number of carboxylic acid groups (broad SMARTS) is 1. The van der Waals surface area contributed by atoms with Crippen molar-refractivity contribution in [1.29, 1.82) is 0 Å². The Hall–Kier alpha value is -2.22. The van der Waals surface area contributed by atoms with Crippen LogP contribution in [0.3, 0.4) is 0 Å². The van der Waals surface area contributed by atoms with Crippen LogP contribution in [0.15, 0.2) is 10.2 Å². The van der Waals surface area contributed by atoms with Crippen LogP contribution in [0, 0.1) is 0 Å². The molecular weight excluding hydrogens is 342 g/mol. The first-order chi connectivity index (χ1) is 12.0.